The number of carbonyl (C=O) groups excluding carboxylic acids is 1. The van der Waals surface area contributed by atoms with Crippen molar-refractivity contribution >= 4 is 22.6 Å². The molecule has 1 amide bonds. The van der Waals surface area contributed by atoms with Gasteiger partial charge in [-0.2, -0.15) is 5.26 Å². The van der Waals surface area contributed by atoms with E-state index in [1.807, 2.05) is 18.2 Å². The molecule has 1 heterocycles. The summed E-state index contributed by atoms with van der Waals surface area (Å²) in [6.45, 7) is 0. The first kappa shape index (κ1) is 13.6. The molecule has 0 atom stereocenters. The van der Waals surface area contributed by atoms with Gasteiger partial charge in [-0.1, -0.05) is 30.3 Å². The maximum atomic E-state index is 11.6. The molecule has 3 rings (SSSR count). The quantitative estimate of drug-likeness (QED) is 0.786. The molecule has 0 fully saturated rings. The molecule has 0 unspecified atom stereocenters. The van der Waals surface area contributed by atoms with Crippen molar-refractivity contribution in [3.63, 3.8) is 0 Å². The molecule has 0 saturated heterocycles. The van der Waals surface area contributed by atoms with E-state index in [4.69, 9.17) is 15.4 Å². The Morgan fingerprint density at radius 2 is 1.86 bits per heavy atom. The van der Waals surface area contributed by atoms with Crippen molar-refractivity contribution in [2.24, 2.45) is 10.7 Å². The number of nitrogens with two attached hydrogens (primary N) is 1. The zero-order chi connectivity index (χ0) is 15.5. The molecule has 3 aromatic rings. The maximum absolute atomic E-state index is 11.6. The summed E-state index contributed by atoms with van der Waals surface area (Å²) in [5.74, 6) is -0.636. The van der Waals surface area contributed by atoms with E-state index >= 15 is 0 Å². The second-order valence-corrected chi connectivity index (χ2v) is 4.61. The van der Waals surface area contributed by atoms with Crippen molar-refractivity contribution in [2.45, 2.75) is 0 Å². The lowest BCUT2D eigenvalue weighted by atomic mass is 10.1. The number of amides is 1. The van der Waals surface area contributed by atoms with Gasteiger partial charge in [0.1, 0.15) is 17.2 Å². The second kappa shape index (κ2) is 5.54. The fraction of sp³-hybridized carbons (Fsp3) is 0. The van der Waals surface area contributed by atoms with Gasteiger partial charge in [0.05, 0.1) is 11.3 Å². The van der Waals surface area contributed by atoms with Gasteiger partial charge >= 0.3 is 0 Å². The number of benzene rings is 2. The average molecular weight is 289 g/mol. The first-order valence-corrected chi connectivity index (χ1v) is 6.55. The Morgan fingerprint density at radius 3 is 2.64 bits per heavy atom. The summed E-state index contributed by atoms with van der Waals surface area (Å²) in [6.07, 6.45) is 0. The normalized spacial score (nSPS) is 11.3. The summed E-state index contributed by atoms with van der Waals surface area (Å²) in [7, 11) is 0. The van der Waals surface area contributed by atoms with Gasteiger partial charge in [-0.3, -0.25) is 4.79 Å². The number of primary amides is 1. The molecule has 0 aliphatic heterocycles. The van der Waals surface area contributed by atoms with Gasteiger partial charge in [0.25, 0.3) is 5.91 Å². The summed E-state index contributed by atoms with van der Waals surface area (Å²) in [4.78, 5) is 15.9. The Morgan fingerprint density at radius 1 is 1.14 bits per heavy atom. The van der Waals surface area contributed by atoms with Crippen LogP contribution in [-0.4, -0.2) is 5.91 Å². The third-order valence-corrected chi connectivity index (χ3v) is 3.17. The Hall–Kier alpha value is -3.39. The van der Waals surface area contributed by atoms with E-state index in [0.29, 0.717) is 16.8 Å². The summed E-state index contributed by atoms with van der Waals surface area (Å²) < 4.78 is 5.68. The van der Waals surface area contributed by atoms with Gasteiger partial charge < -0.3 is 10.2 Å². The molecule has 5 nitrogen and oxygen atoms in total. The molecular formula is C17H11N3O2. The van der Waals surface area contributed by atoms with Crippen LogP contribution in [0.1, 0.15) is 15.9 Å². The third kappa shape index (κ3) is 2.45. The molecule has 106 valence electrons. The molecule has 22 heavy (non-hydrogen) atoms. The van der Waals surface area contributed by atoms with Crippen molar-refractivity contribution in [1.29, 1.82) is 5.26 Å². The molecule has 0 aliphatic carbocycles. The van der Waals surface area contributed by atoms with E-state index in [9.17, 15) is 4.79 Å². The number of nitriles is 1. The van der Waals surface area contributed by atoms with Gasteiger partial charge in [0, 0.05) is 5.39 Å². The van der Waals surface area contributed by atoms with Crippen molar-refractivity contribution in [2.75, 3.05) is 0 Å². The largest absolute Gasteiger partial charge is 0.438 e. The number of fused-ring (bicyclic) bond motifs is 1. The highest BCUT2D eigenvalue weighted by molar-refractivity contribution is 5.95. The molecule has 0 spiro atoms. The summed E-state index contributed by atoms with van der Waals surface area (Å²) in [5.41, 5.74) is 7.07. The van der Waals surface area contributed by atoms with Crippen LogP contribution < -0.4 is 11.3 Å². The van der Waals surface area contributed by atoms with E-state index in [1.54, 1.807) is 36.4 Å². The number of nitrogens with zero attached hydrogens (tertiary/aromatic N) is 2. The highest BCUT2D eigenvalue weighted by Crippen LogP contribution is 2.18. The summed E-state index contributed by atoms with van der Waals surface area (Å²) in [5, 5.41) is 9.87. The van der Waals surface area contributed by atoms with Crippen LogP contribution in [0, 0.1) is 11.3 Å². The minimum absolute atomic E-state index is 0.0916. The molecule has 0 saturated carbocycles. The molecule has 2 N–H and O–H groups in total. The Bertz CT molecular complexity index is 981. The smallest absolute Gasteiger partial charge is 0.254 e. The van der Waals surface area contributed by atoms with Crippen LogP contribution in [0.4, 0.5) is 5.69 Å². The van der Waals surface area contributed by atoms with Gasteiger partial charge in [-0.05, 0) is 24.3 Å². The van der Waals surface area contributed by atoms with Crippen LogP contribution in [-0.2, 0) is 0 Å². The fourth-order valence-corrected chi connectivity index (χ4v) is 2.10. The predicted molar refractivity (Wildman–Crippen MR) is 81.1 cm³/mol. The number of hydrogen-bond acceptors (Lipinski definition) is 4. The highest BCUT2D eigenvalue weighted by atomic mass is 16.3. The number of rotatable bonds is 2. The molecule has 0 radical (unpaired) electrons. The number of carbonyl (C=O) groups is 1. The van der Waals surface area contributed by atoms with Crippen LogP contribution in [0.15, 0.2) is 64.0 Å². The van der Waals surface area contributed by atoms with Crippen LogP contribution in [0.5, 0.6) is 0 Å². The van der Waals surface area contributed by atoms with E-state index < -0.39 is 5.91 Å². The molecule has 0 bridgehead atoms. The third-order valence-electron chi connectivity index (χ3n) is 3.17. The zero-order valence-electron chi connectivity index (χ0n) is 11.5. The van der Waals surface area contributed by atoms with Crippen molar-refractivity contribution in [3.05, 3.63) is 71.3 Å². The lowest BCUT2D eigenvalue weighted by Crippen LogP contribution is -2.21. The highest BCUT2D eigenvalue weighted by Gasteiger charge is 2.09. The lowest BCUT2D eigenvalue weighted by Gasteiger charge is -2.02. The summed E-state index contributed by atoms with van der Waals surface area (Å²) in [6, 6.07) is 17.7. The van der Waals surface area contributed by atoms with Crippen LogP contribution in [0.3, 0.4) is 0 Å². The minimum Gasteiger partial charge on any atom is -0.438 e. The lowest BCUT2D eigenvalue weighted by molar-refractivity contribution is 0.0996. The van der Waals surface area contributed by atoms with Crippen LogP contribution in [0.2, 0.25) is 0 Å². The van der Waals surface area contributed by atoms with Crippen molar-refractivity contribution in [1.82, 2.24) is 0 Å². The van der Waals surface area contributed by atoms with E-state index in [-0.39, 0.29) is 11.1 Å². The molecule has 5 heteroatoms. The minimum atomic E-state index is -0.636. The van der Waals surface area contributed by atoms with E-state index in [1.165, 1.54) is 0 Å². The second-order valence-electron chi connectivity index (χ2n) is 4.61. The predicted octanol–water partition coefficient (Wildman–Crippen LogP) is 2.64. The Balaban J connectivity index is 2.34. The SMILES string of the molecule is N#Cc1ccccc1N=c1oc2ccccc2cc1C(N)=O. The van der Waals surface area contributed by atoms with Gasteiger partial charge in [-0.25, -0.2) is 4.99 Å². The monoisotopic (exact) mass is 289 g/mol. The Labute approximate surface area is 125 Å². The van der Waals surface area contributed by atoms with Crippen LogP contribution in [0.25, 0.3) is 11.0 Å². The van der Waals surface area contributed by atoms with Crippen molar-refractivity contribution < 1.29 is 9.21 Å². The Kier molecular flexibility index (Phi) is 3.42. The van der Waals surface area contributed by atoms with Crippen LogP contribution >= 0.6 is 0 Å². The molecule has 1 aromatic heterocycles. The van der Waals surface area contributed by atoms with E-state index in [2.05, 4.69) is 11.1 Å². The molecule has 0 aliphatic rings. The van der Waals surface area contributed by atoms with Crippen molar-refractivity contribution in [3.8, 4) is 6.07 Å². The average Bonchev–Trinajstić information content (AvgIpc) is 2.54. The standard InChI is InChI=1S/C17H11N3O2/c18-10-12-6-1-3-7-14(12)20-17-13(16(19)21)9-11-5-2-4-8-15(11)22-17/h1-9H,(H2,19,21). The first-order chi connectivity index (χ1) is 10.7. The van der Waals surface area contributed by atoms with Gasteiger partial charge in [0.2, 0.25) is 5.55 Å². The molecular weight excluding hydrogens is 278 g/mol. The van der Waals surface area contributed by atoms with E-state index in [0.717, 1.165) is 5.39 Å². The number of para-hydroxylation sites is 2. The van der Waals surface area contributed by atoms with Gasteiger partial charge in [-0.15, -0.1) is 0 Å². The number of hydrogen-bond donors (Lipinski definition) is 1. The zero-order valence-corrected chi connectivity index (χ0v) is 11.5. The fourth-order valence-electron chi connectivity index (χ4n) is 2.10. The summed E-state index contributed by atoms with van der Waals surface area (Å²) >= 11 is 0. The van der Waals surface area contributed by atoms with Gasteiger partial charge in [0.15, 0.2) is 0 Å². The maximum Gasteiger partial charge on any atom is 0.254 e. The first-order valence-electron chi connectivity index (χ1n) is 6.55. The molecule has 2 aromatic carbocycles. The topological polar surface area (TPSA) is 92.4 Å².